The summed E-state index contributed by atoms with van der Waals surface area (Å²) in [6, 6.07) is 3.07. The van der Waals surface area contributed by atoms with Crippen LogP contribution in [0, 0.1) is 0 Å². The van der Waals surface area contributed by atoms with E-state index in [-0.39, 0.29) is 30.4 Å². The van der Waals surface area contributed by atoms with Crippen molar-refractivity contribution >= 4 is 36.5 Å². The molecule has 2 rings (SSSR count). The SMILES string of the molecule is Cl.Cl.[2H]C([2H])([2H])CC(=O)c1ccc(C2(C(N)=O)CC2)nc1. The first-order chi connectivity index (χ1) is 8.74. The van der Waals surface area contributed by atoms with Crippen molar-refractivity contribution in [3.05, 3.63) is 29.6 Å². The first-order valence-electron chi connectivity index (χ1n) is 6.54. The van der Waals surface area contributed by atoms with Crippen LogP contribution < -0.4 is 5.73 Å². The average Bonchev–Trinajstić information content (AvgIpc) is 3.08. The van der Waals surface area contributed by atoms with Crippen LogP contribution in [-0.2, 0) is 10.2 Å². The quantitative estimate of drug-likeness (QED) is 0.864. The minimum absolute atomic E-state index is 0. The number of carbonyl (C=O) groups is 2. The zero-order chi connectivity index (χ0) is 14.3. The molecule has 1 fully saturated rings. The van der Waals surface area contributed by atoms with Crippen LogP contribution >= 0.6 is 24.8 Å². The summed E-state index contributed by atoms with van der Waals surface area (Å²) in [5.41, 5.74) is 5.42. The van der Waals surface area contributed by atoms with Crippen LogP contribution in [0.3, 0.4) is 0 Å². The minimum atomic E-state index is -2.29. The lowest BCUT2D eigenvalue weighted by molar-refractivity contribution is -0.120. The average molecular weight is 294 g/mol. The molecule has 1 aliphatic rings. The molecule has 0 bridgehead atoms. The van der Waals surface area contributed by atoms with E-state index in [2.05, 4.69) is 4.98 Å². The van der Waals surface area contributed by atoms with Gasteiger partial charge in [-0.15, -0.1) is 24.8 Å². The van der Waals surface area contributed by atoms with E-state index in [1.165, 1.54) is 12.3 Å². The van der Waals surface area contributed by atoms with E-state index in [1.54, 1.807) is 6.07 Å². The minimum Gasteiger partial charge on any atom is -0.369 e. The van der Waals surface area contributed by atoms with Crippen molar-refractivity contribution in [3.63, 3.8) is 0 Å². The zero-order valence-electron chi connectivity index (χ0n) is 12.5. The molecule has 1 saturated carbocycles. The highest BCUT2D eigenvalue weighted by Crippen LogP contribution is 2.46. The first-order valence-corrected chi connectivity index (χ1v) is 5.04. The number of carbonyl (C=O) groups excluding carboxylic acids is 2. The summed E-state index contributed by atoms with van der Waals surface area (Å²) in [4.78, 5) is 27.1. The van der Waals surface area contributed by atoms with E-state index < -0.39 is 30.4 Å². The highest BCUT2D eigenvalue weighted by Gasteiger charge is 2.51. The van der Waals surface area contributed by atoms with E-state index >= 15 is 0 Å². The van der Waals surface area contributed by atoms with Gasteiger partial charge in [0.2, 0.25) is 5.91 Å². The summed E-state index contributed by atoms with van der Waals surface area (Å²) < 4.78 is 21.2. The second-order valence-corrected chi connectivity index (χ2v) is 3.98. The van der Waals surface area contributed by atoms with Gasteiger partial charge in [-0.25, -0.2) is 0 Å². The molecule has 0 radical (unpaired) electrons. The van der Waals surface area contributed by atoms with Gasteiger partial charge < -0.3 is 5.73 Å². The van der Waals surface area contributed by atoms with Gasteiger partial charge in [-0.05, 0) is 25.0 Å². The number of ketones is 1. The molecule has 4 nitrogen and oxygen atoms in total. The Morgan fingerprint density at radius 2 is 2.11 bits per heavy atom. The molecular weight excluding hydrogens is 275 g/mol. The Morgan fingerprint density at radius 3 is 2.50 bits per heavy atom. The largest absolute Gasteiger partial charge is 0.369 e. The molecule has 18 heavy (non-hydrogen) atoms. The number of pyridine rings is 1. The van der Waals surface area contributed by atoms with Crippen LogP contribution in [0.15, 0.2) is 18.3 Å². The molecule has 0 aliphatic heterocycles. The molecule has 100 valence electrons. The summed E-state index contributed by atoms with van der Waals surface area (Å²) in [6.45, 7) is -2.29. The summed E-state index contributed by atoms with van der Waals surface area (Å²) in [6.07, 6.45) is 2.12. The Labute approximate surface area is 122 Å². The Kier molecular flexibility index (Phi) is 4.08. The number of rotatable bonds is 4. The fourth-order valence-corrected chi connectivity index (χ4v) is 1.70. The summed E-state index contributed by atoms with van der Waals surface area (Å²) >= 11 is 0. The molecule has 1 aromatic heterocycles. The van der Waals surface area contributed by atoms with Crippen LogP contribution in [0.5, 0.6) is 0 Å². The molecule has 0 atom stereocenters. The molecule has 0 aromatic carbocycles. The predicted molar refractivity (Wildman–Crippen MR) is 73.5 cm³/mol. The molecule has 0 spiro atoms. The lowest BCUT2D eigenvalue weighted by atomic mass is 10.00. The number of hydrogen-bond acceptors (Lipinski definition) is 3. The van der Waals surface area contributed by atoms with E-state index in [0.29, 0.717) is 18.5 Å². The van der Waals surface area contributed by atoms with E-state index in [0.717, 1.165) is 0 Å². The van der Waals surface area contributed by atoms with Gasteiger partial charge in [0.15, 0.2) is 5.78 Å². The van der Waals surface area contributed by atoms with Crippen LogP contribution in [-0.4, -0.2) is 16.7 Å². The second-order valence-electron chi connectivity index (χ2n) is 3.98. The highest BCUT2D eigenvalue weighted by atomic mass is 35.5. The van der Waals surface area contributed by atoms with Crippen LogP contribution in [0.1, 0.15) is 46.3 Å². The maximum Gasteiger partial charge on any atom is 0.229 e. The molecule has 6 heteroatoms. The molecule has 2 N–H and O–H groups in total. The van der Waals surface area contributed by atoms with E-state index in [9.17, 15) is 9.59 Å². The van der Waals surface area contributed by atoms with Crippen LogP contribution in [0.2, 0.25) is 0 Å². The Hall–Kier alpha value is -1.13. The number of hydrogen-bond donors (Lipinski definition) is 1. The monoisotopic (exact) mass is 293 g/mol. The lowest BCUT2D eigenvalue weighted by Gasteiger charge is -2.10. The molecule has 1 heterocycles. The van der Waals surface area contributed by atoms with Crippen molar-refractivity contribution in [3.8, 4) is 0 Å². The lowest BCUT2D eigenvalue weighted by Crippen LogP contribution is -2.29. The number of nitrogens with zero attached hydrogens (tertiary/aromatic N) is 1. The van der Waals surface area contributed by atoms with E-state index in [1.807, 2.05) is 0 Å². The number of primary amides is 1. The van der Waals surface area contributed by atoms with Gasteiger partial charge in [0, 0.05) is 22.3 Å². The Bertz CT molecular complexity index is 528. The third-order valence-corrected chi connectivity index (χ3v) is 2.96. The van der Waals surface area contributed by atoms with Crippen molar-refractivity contribution < 1.29 is 13.7 Å². The summed E-state index contributed by atoms with van der Waals surface area (Å²) in [5.74, 6) is -0.899. The van der Waals surface area contributed by atoms with Gasteiger partial charge in [0.05, 0.1) is 11.1 Å². The zero-order valence-corrected chi connectivity index (χ0v) is 11.1. The topological polar surface area (TPSA) is 73.1 Å². The standard InChI is InChI=1S/C12H14N2O2.2ClH/c1-2-9(15)8-3-4-10(14-7-8)12(5-6-12)11(13)16;;/h3-4,7H,2,5-6H2,1H3,(H2,13,16);2*1H/i1D3;;. The van der Waals surface area contributed by atoms with Gasteiger partial charge in [0.1, 0.15) is 0 Å². The van der Waals surface area contributed by atoms with Gasteiger partial charge in [0.25, 0.3) is 0 Å². The second kappa shape index (κ2) is 6.16. The summed E-state index contributed by atoms with van der Waals surface area (Å²) in [5, 5.41) is 0. The van der Waals surface area contributed by atoms with Crippen molar-refractivity contribution in [2.45, 2.75) is 31.5 Å². The van der Waals surface area contributed by atoms with Gasteiger partial charge >= 0.3 is 0 Å². The van der Waals surface area contributed by atoms with Crippen molar-refractivity contribution in [1.29, 1.82) is 0 Å². The molecular formula is C12H16Cl2N2O2. The number of aromatic nitrogens is 1. The Morgan fingerprint density at radius 1 is 1.44 bits per heavy atom. The molecule has 1 aromatic rings. The van der Waals surface area contributed by atoms with Crippen molar-refractivity contribution in [2.24, 2.45) is 5.73 Å². The molecule has 0 saturated heterocycles. The number of amides is 1. The van der Waals surface area contributed by atoms with E-state index in [4.69, 9.17) is 9.85 Å². The van der Waals surface area contributed by atoms with Gasteiger partial charge in [-0.2, -0.15) is 0 Å². The van der Waals surface area contributed by atoms with Crippen molar-refractivity contribution in [1.82, 2.24) is 4.98 Å². The number of halogens is 2. The maximum atomic E-state index is 11.7. The highest BCUT2D eigenvalue weighted by molar-refractivity contribution is 5.95. The summed E-state index contributed by atoms with van der Waals surface area (Å²) in [7, 11) is 0. The normalized spacial score (nSPS) is 18.1. The van der Waals surface area contributed by atoms with Crippen LogP contribution in [0.25, 0.3) is 0 Å². The molecule has 0 unspecified atom stereocenters. The fourth-order valence-electron chi connectivity index (χ4n) is 1.70. The number of Topliss-reactive ketones (excluding diaryl/α,β-unsaturated/α-hetero) is 1. The smallest absolute Gasteiger partial charge is 0.229 e. The third-order valence-electron chi connectivity index (χ3n) is 2.96. The third kappa shape index (κ3) is 2.82. The Balaban J connectivity index is 0.00000200. The molecule has 1 aliphatic carbocycles. The first kappa shape index (κ1) is 11.9. The number of nitrogens with two attached hydrogens (primary N) is 1. The van der Waals surface area contributed by atoms with Crippen molar-refractivity contribution in [2.75, 3.05) is 0 Å². The van der Waals surface area contributed by atoms with Crippen LogP contribution in [0.4, 0.5) is 0 Å². The van der Waals surface area contributed by atoms with Gasteiger partial charge in [-0.3, -0.25) is 14.6 Å². The maximum absolute atomic E-state index is 11.7. The fraction of sp³-hybridized carbons (Fsp3) is 0.417. The predicted octanol–water partition coefficient (Wildman–Crippen LogP) is 2.03. The van der Waals surface area contributed by atoms with Gasteiger partial charge in [-0.1, -0.05) is 6.85 Å². The molecule has 1 amide bonds.